The Hall–Kier alpha value is -1.82. The number of nitriles is 1. The third kappa shape index (κ3) is 2.53. The first-order valence-corrected chi connectivity index (χ1v) is 6.42. The van der Waals surface area contributed by atoms with Crippen molar-refractivity contribution in [2.45, 2.75) is 32.1 Å². The molecule has 1 aliphatic rings. The molecule has 0 bridgehead atoms. The zero-order chi connectivity index (χ0) is 13.0. The molecule has 94 valence electrons. The van der Waals surface area contributed by atoms with E-state index in [1.165, 1.54) is 0 Å². The van der Waals surface area contributed by atoms with E-state index in [9.17, 15) is 10.1 Å². The second kappa shape index (κ2) is 5.68. The van der Waals surface area contributed by atoms with Gasteiger partial charge < -0.3 is 4.74 Å². The molecule has 18 heavy (non-hydrogen) atoms. The number of carbonyl (C=O) groups is 1. The van der Waals surface area contributed by atoms with Gasteiger partial charge in [0.1, 0.15) is 11.7 Å². The van der Waals surface area contributed by atoms with E-state index in [4.69, 9.17) is 4.74 Å². The molecule has 1 aromatic carbocycles. The lowest BCUT2D eigenvalue weighted by Crippen LogP contribution is -2.26. The lowest BCUT2D eigenvalue weighted by atomic mass is 9.76. The molecule has 0 spiro atoms. The number of nitrogens with zero attached hydrogens (tertiary/aromatic N) is 1. The van der Waals surface area contributed by atoms with Crippen molar-refractivity contribution in [3.8, 4) is 11.8 Å². The predicted molar refractivity (Wildman–Crippen MR) is 68.3 cm³/mol. The fourth-order valence-corrected chi connectivity index (χ4v) is 2.15. The van der Waals surface area contributed by atoms with Gasteiger partial charge in [-0.15, -0.1) is 0 Å². The van der Waals surface area contributed by atoms with Gasteiger partial charge in [0, 0.05) is 5.92 Å². The highest BCUT2D eigenvalue weighted by Gasteiger charge is 2.32. The van der Waals surface area contributed by atoms with Crippen molar-refractivity contribution in [1.29, 1.82) is 5.26 Å². The summed E-state index contributed by atoms with van der Waals surface area (Å²) in [7, 11) is 0. The first-order chi connectivity index (χ1) is 8.76. The van der Waals surface area contributed by atoms with E-state index in [0.717, 1.165) is 30.6 Å². The second-order valence-corrected chi connectivity index (χ2v) is 4.59. The van der Waals surface area contributed by atoms with Gasteiger partial charge in [0.25, 0.3) is 0 Å². The highest BCUT2D eigenvalue weighted by molar-refractivity contribution is 5.90. The minimum atomic E-state index is -0.619. The monoisotopic (exact) mass is 243 g/mol. The largest absolute Gasteiger partial charge is 0.494 e. The maximum Gasteiger partial charge on any atom is 0.157 e. The minimum absolute atomic E-state index is 0.0768. The van der Waals surface area contributed by atoms with Crippen LogP contribution in [0.4, 0.5) is 0 Å². The molecule has 1 atom stereocenters. The maximum absolute atomic E-state index is 12.1. The lowest BCUT2D eigenvalue weighted by molar-refractivity contribution is -0.125. The quantitative estimate of drug-likeness (QED) is 0.798. The highest BCUT2D eigenvalue weighted by atomic mass is 16.5. The van der Waals surface area contributed by atoms with Gasteiger partial charge in [0.2, 0.25) is 0 Å². The number of carbonyl (C=O) groups excluding carboxylic acids is 1. The van der Waals surface area contributed by atoms with Gasteiger partial charge in [-0.05, 0) is 37.5 Å². The van der Waals surface area contributed by atoms with Crippen LogP contribution in [0.15, 0.2) is 24.3 Å². The van der Waals surface area contributed by atoms with E-state index in [0.29, 0.717) is 6.61 Å². The minimum Gasteiger partial charge on any atom is -0.494 e. The van der Waals surface area contributed by atoms with E-state index in [1.54, 1.807) is 0 Å². The molecule has 0 heterocycles. The number of Topliss-reactive ketones (excluding diaryl/α,β-unsaturated/α-hetero) is 1. The number of benzene rings is 1. The van der Waals surface area contributed by atoms with Crippen LogP contribution in [0, 0.1) is 17.2 Å². The number of ketones is 1. The molecule has 1 aliphatic carbocycles. The number of ether oxygens (including phenoxy) is 1. The predicted octanol–water partition coefficient (Wildman–Crippen LogP) is 3.06. The molecule has 1 saturated carbocycles. The summed E-state index contributed by atoms with van der Waals surface area (Å²) in [6, 6.07) is 9.39. The van der Waals surface area contributed by atoms with Gasteiger partial charge in [-0.3, -0.25) is 4.79 Å². The molecule has 3 heteroatoms. The van der Waals surface area contributed by atoms with Gasteiger partial charge in [0.15, 0.2) is 5.78 Å². The average molecular weight is 243 g/mol. The van der Waals surface area contributed by atoms with Crippen molar-refractivity contribution < 1.29 is 9.53 Å². The highest BCUT2D eigenvalue weighted by Crippen LogP contribution is 2.33. The zero-order valence-corrected chi connectivity index (χ0v) is 10.6. The smallest absolute Gasteiger partial charge is 0.157 e. The first kappa shape index (κ1) is 12.6. The van der Waals surface area contributed by atoms with Gasteiger partial charge in [0.05, 0.1) is 12.7 Å². The van der Waals surface area contributed by atoms with E-state index >= 15 is 0 Å². The molecular weight excluding hydrogens is 226 g/mol. The molecule has 0 radical (unpaired) electrons. The molecule has 1 aromatic rings. The molecule has 1 fully saturated rings. The zero-order valence-electron chi connectivity index (χ0n) is 10.6. The molecule has 0 aromatic heterocycles. The molecule has 0 amide bonds. The molecule has 1 unspecified atom stereocenters. The number of hydrogen-bond acceptors (Lipinski definition) is 3. The maximum atomic E-state index is 12.1. The van der Waals surface area contributed by atoms with Crippen LogP contribution in [0.3, 0.4) is 0 Å². The topological polar surface area (TPSA) is 50.1 Å². The molecule has 2 rings (SSSR count). The van der Waals surface area contributed by atoms with Crippen LogP contribution < -0.4 is 4.74 Å². The van der Waals surface area contributed by atoms with Crippen molar-refractivity contribution in [2.75, 3.05) is 6.61 Å². The first-order valence-electron chi connectivity index (χ1n) is 6.42. The van der Waals surface area contributed by atoms with Crippen LogP contribution in [0.25, 0.3) is 0 Å². The van der Waals surface area contributed by atoms with Crippen LogP contribution in [0.1, 0.15) is 37.7 Å². The summed E-state index contributed by atoms with van der Waals surface area (Å²) >= 11 is 0. The number of hydrogen-bond donors (Lipinski definition) is 0. The Bertz CT molecular complexity index is 454. The Labute approximate surface area is 107 Å². The van der Waals surface area contributed by atoms with Crippen LogP contribution in [-0.4, -0.2) is 12.4 Å². The average Bonchev–Trinajstić information content (AvgIpc) is 2.30. The van der Waals surface area contributed by atoms with E-state index in [1.807, 2.05) is 31.2 Å². The van der Waals surface area contributed by atoms with Gasteiger partial charge >= 0.3 is 0 Å². The van der Waals surface area contributed by atoms with Crippen molar-refractivity contribution >= 4 is 5.78 Å². The number of rotatable bonds is 5. The third-order valence-corrected chi connectivity index (χ3v) is 3.45. The summed E-state index contributed by atoms with van der Waals surface area (Å²) in [6.07, 6.45) is 2.99. The summed E-state index contributed by atoms with van der Waals surface area (Å²) in [5.74, 6) is 0.328. The Morgan fingerprint density at radius 1 is 1.44 bits per heavy atom. The van der Waals surface area contributed by atoms with Crippen LogP contribution >= 0.6 is 0 Å². The lowest BCUT2D eigenvalue weighted by Gasteiger charge is -2.25. The molecule has 0 N–H and O–H groups in total. The normalized spacial score (nSPS) is 16.4. The Kier molecular flexibility index (Phi) is 3.99. The van der Waals surface area contributed by atoms with Gasteiger partial charge in [-0.25, -0.2) is 0 Å². The fourth-order valence-electron chi connectivity index (χ4n) is 2.15. The van der Waals surface area contributed by atoms with Crippen LogP contribution in [-0.2, 0) is 4.79 Å². The summed E-state index contributed by atoms with van der Waals surface area (Å²) in [5, 5.41) is 9.19. The van der Waals surface area contributed by atoms with Gasteiger partial charge in [-0.2, -0.15) is 5.26 Å². The Morgan fingerprint density at radius 2 is 2.11 bits per heavy atom. The van der Waals surface area contributed by atoms with E-state index in [2.05, 4.69) is 6.07 Å². The van der Waals surface area contributed by atoms with Crippen molar-refractivity contribution in [1.82, 2.24) is 0 Å². The summed E-state index contributed by atoms with van der Waals surface area (Å²) < 4.78 is 5.35. The van der Waals surface area contributed by atoms with Crippen LogP contribution in [0.2, 0.25) is 0 Å². The van der Waals surface area contributed by atoms with Crippen molar-refractivity contribution in [3.05, 3.63) is 29.8 Å². The molecule has 3 nitrogen and oxygen atoms in total. The van der Waals surface area contributed by atoms with Crippen molar-refractivity contribution in [2.24, 2.45) is 5.92 Å². The molecule has 0 saturated heterocycles. The summed E-state index contributed by atoms with van der Waals surface area (Å²) in [5.41, 5.74) is 0.776. The standard InChI is InChI=1S/C15H17NO2/c1-2-18-13-8-6-11(7-9-13)14(10-16)15(17)12-4-3-5-12/h6-9,12,14H,2-5H2,1H3. The third-order valence-electron chi connectivity index (χ3n) is 3.45. The van der Waals surface area contributed by atoms with E-state index < -0.39 is 5.92 Å². The Morgan fingerprint density at radius 3 is 2.56 bits per heavy atom. The fraction of sp³-hybridized carbons (Fsp3) is 0.467. The van der Waals surface area contributed by atoms with Gasteiger partial charge in [-0.1, -0.05) is 18.6 Å². The van der Waals surface area contributed by atoms with E-state index in [-0.39, 0.29) is 11.7 Å². The Balaban J connectivity index is 2.12. The second-order valence-electron chi connectivity index (χ2n) is 4.59. The van der Waals surface area contributed by atoms with Crippen LogP contribution in [0.5, 0.6) is 5.75 Å². The SMILES string of the molecule is CCOc1ccc(C(C#N)C(=O)C2CCC2)cc1. The molecular formula is C15H17NO2. The molecule has 0 aliphatic heterocycles. The van der Waals surface area contributed by atoms with Crippen molar-refractivity contribution in [3.63, 3.8) is 0 Å². The summed E-state index contributed by atoms with van der Waals surface area (Å²) in [4.78, 5) is 12.1. The summed E-state index contributed by atoms with van der Waals surface area (Å²) in [6.45, 7) is 2.54.